The molecule has 0 aromatic heterocycles. The highest BCUT2D eigenvalue weighted by Gasteiger charge is 2.26. The number of aliphatic hydroxyl groups is 1. The van der Waals surface area contributed by atoms with Crippen LogP contribution in [0.5, 0.6) is 0 Å². The summed E-state index contributed by atoms with van der Waals surface area (Å²) in [5.41, 5.74) is 0.270. The fourth-order valence-corrected chi connectivity index (χ4v) is 1.89. The summed E-state index contributed by atoms with van der Waals surface area (Å²) in [4.78, 5) is 11.0. The molecule has 1 N–H and O–H groups in total. The molecular formula is C15H16O2. The molecule has 2 nitrogen and oxygen atoms in total. The Morgan fingerprint density at radius 2 is 2.06 bits per heavy atom. The standard InChI is InChI=1S/C15H16O2/c16-14-8-11-15(17,12-9-14)10-4-7-13-5-2-1-3-6-13/h1-8,11,17H,9-10,12H2. The van der Waals surface area contributed by atoms with Gasteiger partial charge in [0.2, 0.25) is 0 Å². The molecule has 0 amide bonds. The fourth-order valence-electron chi connectivity index (χ4n) is 1.89. The average Bonchev–Trinajstić information content (AvgIpc) is 2.35. The first-order valence-corrected chi connectivity index (χ1v) is 5.84. The van der Waals surface area contributed by atoms with Gasteiger partial charge >= 0.3 is 0 Å². The van der Waals surface area contributed by atoms with E-state index in [1.807, 2.05) is 42.5 Å². The second kappa shape index (κ2) is 5.11. The van der Waals surface area contributed by atoms with Crippen LogP contribution in [-0.2, 0) is 4.79 Å². The Morgan fingerprint density at radius 1 is 1.29 bits per heavy atom. The highest BCUT2D eigenvalue weighted by atomic mass is 16.3. The number of carbonyl (C=O) groups excluding carboxylic acids is 1. The third kappa shape index (κ3) is 3.40. The van der Waals surface area contributed by atoms with Crippen molar-refractivity contribution in [1.29, 1.82) is 0 Å². The zero-order valence-electron chi connectivity index (χ0n) is 9.67. The van der Waals surface area contributed by atoms with Crippen LogP contribution in [0.15, 0.2) is 48.6 Å². The van der Waals surface area contributed by atoms with E-state index in [0.29, 0.717) is 19.3 Å². The van der Waals surface area contributed by atoms with Gasteiger partial charge in [0.1, 0.15) is 0 Å². The summed E-state index contributed by atoms with van der Waals surface area (Å²) in [6.07, 6.45) is 8.55. The molecule has 1 aromatic rings. The van der Waals surface area contributed by atoms with Gasteiger partial charge in [0.05, 0.1) is 5.60 Å². The minimum Gasteiger partial charge on any atom is -0.385 e. The van der Waals surface area contributed by atoms with Gasteiger partial charge in [-0.15, -0.1) is 0 Å². The van der Waals surface area contributed by atoms with Gasteiger partial charge in [0.15, 0.2) is 5.78 Å². The van der Waals surface area contributed by atoms with Crippen LogP contribution in [0.4, 0.5) is 0 Å². The molecule has 0 bridgehead atoms. The molecule has 2 rings (SSSR count). The van der Waals surface area contributed by atoms with E-state index in [-0.39, 0.29) is 5.78 Å². The lowest BCUT2D eigenvalue weighted by Crippen LogP contribution is -2.29. The van der Waals surface area contributed by atoms with Gasteiger partial charge in [0.25, 0.3) is 0 Å². The quantitative estimate of drug-likeness (QED) is 0.863. The predicted octanol–water partition coefficient (Wildman–Crippen LogP) is 2.74. The molecule has 0 saturated heterocycles. The zero-order valence-corrected chi connectivity index (χ0v) is 9.67. The molecule has 2 heteroatoms. The van der Waals surface area contributed by atoms with Crippen molar-refractivity contribution in [2.45, 2.75) is 24.9 Å². The Balaban J connectivity index is 1.96. The largest absolute Gasteiger partial charge is 0.385 e. The summed E-state index contributed by atoms with van der Waals surface area (Å²) in [6.45, 7) is 0. The summed E-state index contributed by atoms with van der Waals surface area (Å²) in [5.74, 6) is 0.0988. The molecule has 1 unspecified atom stereocenters. The number of allylic oxidation sites excluding steroid dienone is 1. The SMILES string of the molecule is O=C1C=CC(O)(CC=Cc2ccccc2)CC1. The molecule has 1 aromatic carbocycles. The first-order valence-electron chi connectivity index (χ1n) is 5.84. The molecule has 1 aliphatic rings. The van der Waals surface area contributed by atoms with Crippen molar-refractivity contribution in [1.82, 2.24) is 0 Å². The van der Waals surface area contributed by atoms with Crippen LogP contribution in [0.2, 0.25) is 0 Å². The topological polar surface area (TPSA) is 37.3 Å². The van der Waals surface area contributed by atoms with Crippen molar-refractivity contribution in [2.24, 2.45) is 0 Å². The maximum absolute atomic E-state index is 11.0. The Morgan fingerprint density at radius 3 is 2.71 bits per heavy atom. The number of benzene rings is 1. The molecule has 1 atom stereocenters. The average molecular weight is 228 g/mol. The van der Waals surface area contributed by atoms with Crippen molar-refractivity contribution in [3.63, 3.8) is 0 Å². The first-order chi connectivity index (χ1) is 8.18. The van der Waals surface area contributed by atoms with Crippen LogP contribution in [0.1, 0.15) is 24.8 Å². The molecule has 0 saturated carbocycles. The fraction of sp³-hybridized carbons (Fsp3) is 0.267. The molecule has 17 heavy (non-hydrogen) atoms. The van der Waals surface area contributed by atoms with Crippen LogP contribution in [-0.4, -0.2) is 16.5 Å². The normalized spacial score (nSPS) is 24.4. The van der Waals surface area contributed by atoms with E-state index < -0.39 is 5.60 Å². The second-order valence-electron chi connectivity index (χ2n) is 4.42. The summed E-state index contributed by atoms with van der Waals surface area (Å²) in [5, 5.41) is 10.2. The van der Waals surface area contributed by atoms with Crippen LogP contribution in [0.25, 0.3) is 6.08 Å². The number of hydrogen-bond acceptors (Lipinski definition) is 2. The van der Waals surface area contributed by atoms with Crippen molar-refractivity contribution in [3.8, 4) is 0 Å². The number of hydrogen-bond donors (Lipinski definition) is 1. The molecule has 0 heterocycles. The molecule has 0 aliphatic heterocycles. The third-order valence-corrected chi connectivity index (χ3v) is 2.96. The molecule has 1 aliphatic carbocycles. The van der Waals surface area contributed by atoms with E-state index in [4.69, 9.17) is 0 Å². The lowest BCUT2D eigenvalue weighted by atomic mass is 9.87. The van der Waals surface area contributed by atoms with E-state index in [1.54, 1.807) is 6.08 Å². The van der Waals surface area contributed by atoms with Crippen molar-refractivity contribution in [3.05, 3.63) is 54.1 Å². The Hall–Kier alpha value is -1.67. The lowest BCUT2D eigenvalue weighted by Gasteiger charge is -2.25. The number of carbonyl (C=O) groups is 1. The van der Waals surface area contributed by atoms with Gasteiger partial charge in [-0.3, -0.25) is 4.79 Å². The van der Waals surface area contributed by atoms with Crippen LogP contribution in [0.3, 0.4) is 0 Å². The Kier molecular flexibility index (Phi) is 3.55. The summed E-state index contributed by atoms with van der Waals surface area (Å²) in [6, 6.07) is 9.96. The molecular weight excluding hydrogens is 212 g/mol. The third-order valence-electron chi connectivity index (χ3n) is 2.96. The van der Waals surface area contributed by atoms with Crippen molar-refractivity contribution in [2.75, 3.05) is 0 Å². The highest BCUT2D eigenvalue weighted by Crippen LogP contribution is 2.24. The van der Waals surface area contributed by atoms with E-state index in [0.717, 1.165) is 5.56 Å². The summed E-state index contributed by atoms with van der Waals surface area (Å²) in [7, 11) is 0. The Bertz CT molecular complexity index is 445. The monoisotopic (exact) mass is 228 g/mol. The summed E-state index contributed by atoms with van der Waals surface area (Å²) >= 11 is 0. The zero-order chi connectivity index (χ0) is 12.1. The van der Waals surface area contributed by atoms with Crippen molar-refractivity contribution < 1.29 is 9.90 Å². The van der Waals surface area contributed by atoms with Gasteiger partial charge < -0.3 is 5.11 Å². The highest BCUT2D eigenvalue weighted by molar-refractivity contribution is 5.90. The van der Waals surface area contributed by atoms with Gasteiger partial charge in [-0.05, 0) is 30.6 Å². The van der Waals surface area contributed by atoms with Gasteiger partial charge in [0, 0.05) is 6.42 Å². The first kappa shape index (κ1) is 11.8. The molecule has 0 radical (unpaired) electrons. The predicted molar refractivity (Wildman–Crippen MR) is 68.4 cm³/mol. The Labute approximate surface area is 101 Å². The van der Waals surface area contributed by atoms with E-state index in [9.17, 15) is 9.90 Å². The van der Waals surface area contributed by atoms with Crippen molar-refractivity contribution >= 4 is 11.9 Å². The van der Waals surface area contributed by atoms with E-state index in [1.165, 1.54) is 6.08 Å². The van der Waals surface area contributed by atoms with Gasteiger partial charge in [-0.1, -0.05) is 42.5 Å². The van der Waals surface area contributed by atoms with Crippen LogP contribution in [0, 0.1) is 0 Å². The lowest BCUT2D eigenvalue weighted by molar-refractivity contribution is -0.116. The maximum atomic E-state index is 11.0. The van der Waals surface area contributed by atoms with Crippen LogP contribution >= 0.6 is 0 Å². The van der Waals surface area contributed by atoms with Gasteiger partial charge in [-0.25, -0.2) is 0 Å². The second-order valence-corrected chi connectivity index (χ2v) is 4.42. The minimum absolute atomic E-state index is 0.0988. The number of ketones is 1. The number of rotatable bonds is 3. The molecule has 88 valence electrons. The maximum Gasteiger partial charge on any atom is 0.155 e. The summed E-state index contributed by atoms with van der Waals surface area (Å²) < 4.78 is 0. The molecule has 0 fully saturated rings. The van der Waals surface area contributed by atoms with Crippen LogP contribution < -0.4 is 0 Å². The van der Waals surface area contributed by atoms with E-state index in [2.05, 4.69) is 0 Å². The van der Waals surface area contributed by atoms with E-state index >= 15 is 0 Å². The molecule has 0 spiro atoms. The smallest absolute Gasteiger partial charge is 0.155 e. The minimum atomic E-state index is -0.848. The van der Waals surface area contributed by atoms with Gasteiger partial charge in [-0.2, -0.15) is 0 Å².